The van der Waals surface area contributed by atoms with Crippen LogP contribution in [0.25, 0.3) is 22.3 Å². The molecule has 3 aromatic rings. The molecule has 38 heavy (non-hydrogen) atoms. The molecule has 5 atom stereocenters. The van der Waals surface area contributed by atoms with E-state index in [1.54, 1.807) is 12.1 Å². The molecule has 15 nitrogen and oxygen atoms in total. The maximum Gasteiger partial charge on any atom is 0.397 e. The van der Waals surface area contributed by atoms with Crippen LogP contribution in [-0.2, 0) is 24.1 Å². The zero-order valence-corrected chi connectivity index (χ0v) is 19.9. The van der Waals surface area contributed by atoms with Crippen molar-refractivity contribution < 1.29 is 66.1 Å². The van der Waals surface area contributed by atoms with Gasteiger partial charge in [0.1, 0.15) is 34.9 Å². The number of benzene rings is 2. The zero-order chi connectivity index (χ0) is 27.9. The molecule has 6 N–H and O–H groups in total. The van der Waals surface area contributed by atoms with Crippen LogP contribution >= 0.6 is 0 Å². The minimum Gasteiger partial charge on any atom is -0.507 e. The van der Waals surface area contributed by atoms with Crippen LogP contribution in [0, 0.1) is 0 Å². The highest BCUT2D eigenvalue weighted by Crippen LogP contribution is 2.42. The van der Waals surface area contributed by atoms with Crippen LogP contribution in [0.2, 0.25) is 0 Å². The van der Waals surface area contributed by atoms with Crippen molar-refractivity contribution in [1.82, 2.24) is 0 Å². The average Bonchev–Trinajstić information content (AvgIpc) is 2.84. The molecular formula is C22H20O15S. The van der Waals surface area contributed by atoms with Crippen molar-refractivity contribution in [3.05, 3.63) is 46.6 Å². The monoisotopic (exact) mass is 556 g/mol. The predicted octanol–water partition coefficient (Wildman–Crippen LogP) is -0.0221. The lowest BCUT2D eigenvalue weighted by Gasteiger charge is -2.39. The molecular weight excluding hydrogens is 536 g/mol. The van der Waals surface area contributed by atoms with E-state index in [0.717, 1.165) is 6.07 Å². The smallest absolute Gasteiger partial charge is 0.397 e. The van der Waals surface area contributed by atoms with Gasteiger partial charge in [-0.05, 0) is 24.3 Å². The van der Waals surface area contributed by atoms with E-state index in [4.69, 9.17) is 23.2 Å². The van der Waals surface area contributed by atoms with Crippen molar-refractivity contribution >= 4 is 27.3 Å². The number of aliphatic hydroxyl groups excluding tert-OH is 2. The van der Waals surface area contributed by atoms with Crippen LogP contribution in [0.1, 0.15) is 0 Å². The van der Waals surface area contributed by atoms with E-state index in [9.17, 15) is 43.5 Å². The van der Waals surface area contributed by atoms with Gasteiger partial charge in [-0.2, -0.15) is 8.42 Å². The van der Waals surface area contributed by atoms with Gasteiger partial charge < -0.3 is 44.2 Å². The van der Waals surface area contributed by atoms with Crippen LogP contribution < -0.4 is 14.9 Å². The van der Waals surface area contributed by atoms with E-state index in [2.05, 4.69) is 4.18 Å². The van der Waals surface area contributed by atoms with E-state index in [1.165, 1.54) is 19.2 Å². The highest BCUT2D eigenvalue weighted by atomic mass is 32.3. The molecule has 1 aromatic heterocycles. The number of fused-ring (bicyclic) bond motifs is 1. The Hall–Kier alpha value is -3.93. The third kappa shape index (κ3) is 5.21. The molecule has 1 fully saturated rings. The SMILES string of the molecule is COc1ccc(-c2cc(=O)c3c(O)cc(O)c(OC4OC(C(=O)O)C(O)C(O)C4OS(=O)(=O)O)c3o2)cc1. The lowest BCUT2D eigenvalue weighted by molar-refractivity contribution is -0.265. The van der Waals surface area contributed by atoms with Crippen molar-refractivity contribution in [2.24, 2.45) is 0 Å². The molecule has 5 unspecified atom stereocenters. The molecule has 0 bridgehead atoms. The third-order valence-electron chi connectivity index (χ3n) is 5.55. The van der Waals surface area contributed by atoms with Gasteiger partial charge >= 0.3 is 16.4 Å². The van der Waals surface area contributed by atoms with E-state index < -0.39 is 80.7 Å². The number of aromatic hydroxyl groups is 2. The van der Waals surface area contributed by atoms with Crippen molar-refractivity contribution in [3.8, 4) is 34.3 Å². The molecule has 2 aromatic carbocycles. The Morgan fingerprint density at radius 1 is 1.03 bits per heavy atom. The number of aliphatic hydroxyl groups is 2. The molecule has 0 saturated carbocycles. The molecule has 1 aliphatic heterocycles. The summed E-state index contributed by atoms with van der Waals surface area (Å²) in [7, 11) is -3.88. The fourth-order valence-corrected chi connectivity index (χ4v) is 4.27. The quantitative estimate of drug-likeness (QED) is 0.210. The largest absolute Gasteiger partial charge is 0.507 e. The maximum absolute atomic E-state index is 12.9. The summed E-state index contributed by atoms with van der Waals surface area (Å²) in [6.45, 7) is 0. The van der Waals surface area contributed by atoms with Crippen molar-refractivity contribution in [1.29, 1.82) is 0 Å². The molecule has 0 aliphatic carbocycles. The third-order valence-corrected chi connectivity index (χ3v) is 6.01. The fraction of sp³-hybridized carbons (Fsp3) is 0.273. The van der Waals surface area contributed by atoms with E-state index >= 15 is 0 Å². The number of carboxylic acids is 1. The lowest BCUT2D eigenvalue weighted by Crippen LogP contribution is -2.62. The standard InChI is InChI=1S/C22H20O15S/c1-33-9-4-2-8(3-5-9)13-7-11(24)14-10(23)6-12(25)17(18(14)34-13)35-22-20(37-38(30,31)32)16(27)15(26)19(36-22)21(28)29/h2-7,15-16,19-20,22-23,25-27H,1H3,(H,28,29)(H,30,31,32). The van der Waals surface area contributed by atoms with E-state index in [0.29, 0.717) is 17.4 Å². The first-order valence-electron chi connectivity index (χ1n) is 10.5. The van der Waals surface area contributed by atoms with Crippen molar-refractivity contribution in [2.75, 3.05) is 7.11 Å². The van der Waals surface area contributed by atoms with Gasteiger partial charge in [-0.15, -0.1) is 0 Å². The minimum absolute atomic E-state index is 0.0748. The number of phenolic OH excluding ortho intramolecular Hbond substituents is 2. The topological polar surface area (TPSA) is 240 Å². The molecule has 0 spiro atoms. The first-order chi connectivity index (χ1) is 17.8. The number of hydrogen-bond acceptors (Lipinski definition) is 13. The molecule has 16 heteroatoms. The van der Waals surface area contributed by atoms with Crippen LogP contribution in [0.3, 0.4) is 0 Å². The Morgan fingerprint density at radius 2 is 1.68 bits per heavy atom. The minimum atomic E-state index is -5.32. The first kappa shape index (κ1) is 27.1. The zero-order valence-electron chi connectivity index (χ0n) is 19.1. The second-order valence-corrected chi connectivity index (χ2v) is 9.05. The highest BCUT2D eigenvalue weighted by Gasteiger charge is 2.51. The second-order valence-electron chi connectivity index (χ2n) is 8.00. The Bertz CT molecular complexity index is 1530. The Kier molecular flexibility index (Phi) is 7.20. The lowest BCUT2D eigenvalue weighted by atomic mass is 9.99. The highest BCUT2D eigenvalue weighted by molar-refractivity contribution is 7.80. The van der Waals surface area contributed by atoms with Gasteiger partial charge in [0.05, 0.1) is 7.11 Å². The van der Waals surface area contributed by atoms with Crippen molar-refractivity contribution in [2.45, 2.75) is 30.7 Å². The first-order valence-corrected chi connectivity index (χ1v) is 11.9. The predicted molar refractivity (Wildman–Crippen MR) is 123 cm³/mol. The number of carboxylic acid groups (broad SMARTS) is 1. The van der Waals surface area contributed by atoms with Crippen LogP contribution in [0.15, 0.2) is 45.6 Å². The number of methoxy groups -OCH3 is 1. The maximum atomic E-state index is 12.9. The van der Waals surface area contributed by atoms with Crippen molar-refractivity contribution in [3.63, 3.8) is 0 Å². The Balaban J connectivity index is 1.86. The number of hydrogen-bond donors (Lipinski definition) is 6. The molecule has 0 amide bonds. The van der Waals surface area contributed by atoms with Gasteiger partial charge in [-0.3, -0.25) is 9.35 Å². The molecule has 204 valence electrons. The van der Waals surface area contributed by atoms with Crippen LogP contribution in [0.4, 0.5) is 0 Å². The summed E-state index contributed by atoms with van der Waals surface area (Å²) in [4.78, 5) is 24.4. The van der Waals surface area contributed by atoms with E-state index in [-0.39, 0.29) is 5.76 Å². The molecule has 0 radical (unpaired) electrons. The van der Waals surface area contributed by atoms with Gasteiger partial charge in [0, 0.05) is 17.7 Å². The average molecular weight is 556 g/mol. The van der Waals surface area contributed by atoms with Gasteiger partial charge in [0.15, 0.2) is 29.0 Å². The molecule has 2 heterocycles. The van der Waals surface area contributed by atoms with Gasteiger partial charge in [0.2, 0.25) is 12.0 Å². The Labute approximate surface area is 212 Å². The number of carbonyl (C=O) groups is 1. The number of rotatable bonds is 7. The summed E-state index contributed by atoms with van der Waals surface area (Å²) in [6, 6.07) is 7.89. The molecule has 4 rings (SSSR count). The number of ether oxygens (including phenoxy) is 3. The number of phenols is 2. The van der Waals surface area contributed by atoms with Crippen LogP contribution in [0.5, 0.6) is 23.0 Å². The summed E-state index contributed by atoms with van der Waals surface area (Å²) in [5.41, 5.74) is -1.03. The molecule has 1 aliphatic rings. The normalized spacial score (nSPS) is 23.7. The summed E-state index contributed by atoms with van der Waals surface area (Å²) in [5.74, 6) is -3.74. The van der Waals surface area contributed by atoms with E-state index in [1.807, 2.05) is 0 Å². The summed E-state index contributed by atoms with van der Waals surface area (Å²) in [5, 5.41) is 50.0. The summed E-state index contributed by atoms with van der Waals surface area (Å²) in [6.07, 6.45) is -11.2. The fourth-order valence-electron chi connectivity index (χ4n) is 3.79. The Morgan fingerprint density at radius 3 is 2.26 bits per heavy atom. The van der Waals surface area contributed by atoms with Crippen LogP contribution in [-0.4, -0.2) is 82.3 Å². The van der Waals surface area contributed by atoms with Gasteiger partial charge in [-0.25, -0.2) is 8.98 Å². The summed E-state index contributed by atoms with van der Waals surface area (Å²) >= 11 is 0. The van der Waals surface area contributed by atoms with Gasteiger partial charge in [-0.1, -0.05) is 0 Å². The summed E-state index contributed by atoms with van der Waals surface area (Å²) < 4.78 is 57.4. The second kappa shape index (κ2) is 10.1. The molecule has 1 saturated heterocycles. The van der Waals surface area contributed by atoms with Gasteiger partial charge in [0.25, 0.3) is 0 Å². The number of aliphatic carboxylic acids is 1.